The van der Waals surface area contributed by atoms with E-state index in [1.54, 1.807) is 19.0 Å². The van der Waals surface area contributed by atoms with E-state index in [4.69, 9.17) is 4.74 Å². The number of amides is 1. The van der Waals surface area contributed by atoms with Crippen molar-refractivity contribution in [1.82, 2.24) is 10.2 Å². The highest BCUT2D eigenvalue weighted by atomic mass is 16.5. The number of ether oxygens (including phenoxy) is 1. The lowest BCUT2D eigenvalue weighted by Crippen LogP contribution is -2.22. The molecule has 0 radical (unpaired) electrons. The van der Waals surface area contributed by atoms with Crippen LogP contribution in [-0.2, 0) is 4.79 Å². The first-order valence-electron chi connectivity index (χ1n) is 7.75. The Morgan fingerprint density at radius 1 is 1.29 bits per heavy atom. The van der Waals surface area contributed by atoms with Gasteiger partial charge < -0.3 is 15.0 Å². The highest BCUT2D eigenvalue weighted by molar-refractivity contribution is 5.75. The molecule has 1 aromatic rings. The summed E-state index contributed by atoms with van der Waals surface area (Å²) in [5.74, 6) is 1.06. The topological polar surface area (TPSA) is 41.6 Å². The van der Waals surface area contributed by atoms with Gasteiger partial charge in [-0.15, -0.1) is 0 Å². The number of carbonyl (C=O) groups excluding carboxylic acids is 1. The number of nitrogens with zero attached hydrogens (tertiary/aromatic N) is 1. The Morgan fingerprint density at radius 3 is 2.62 bits per heavy atom. The monoisotopic (exact) mass is 292 g/mol. The summed E-state index contributed by atoms with van der Waals surface area (Å²) in [5, 5.41) is 3.47. The molecule has 21 heavy (non-hydrogen) atoms. The van der Waals surface area contributed by atoms with Gasteiger partial charge in [-0.05, 0) is 25.5 Å². The quantitative estimate of drug-likeness (QED) is 0.711. The third kappa shape index (κ3) is 5.76. The van der Waals surface area contributed by atoms with Gasteiger partial charge in [-0.1, -0.05) is 32.0 Å². The molecule has 0 heterocycles. The van der Waals surface area contributed by atoms with Crippen molar-refractivity contribution in [3.63, 3.8) is 0 Å². The predicted molar refractivity (Wildman–Crippen MR) is 86.6 cm³/mol. The molecule has 1 rings (SSSR count). The number of benzene rings is 1. The van der Waals surface area contributed by atoms with Gasteiger partial charge in [-0.25, -0.2) is 0 Å². The second-order valence-electron chi connectivity index (χ2n) is 5.30. The van der Waals surface area contributed by atoms with Crippen molar-refractivity contribution in [2.24, 2.45) is 0 Å². The smallest absolute Gasteiger partial charge is 0.222 e. The van der Waals surface area contributed by atoms with Crippen LogP contribution in [0.3, 0.4) is 0 Å². The Labute approximate surface area is 128 Å². The van der Waals surface area contributed by atoms with Gasteiger partial charge in [0.25, 0.3) is 0 Å². The van der Waals surface area contributed by atoms with E-state index in [0.717, 1.165) is 25.1 Å². The third-order valence-electron chi connectivity index (χ3n) is 3.44. The molecule has 0 saturated carbocycles. The van der Waals surface area contributed by atoms with Crippen LogP contribution < -0.4 is 10.1 Å². The standard InChI is InChI=1S/C17H28N2O2/c1-5-15(18-6-2)14-10-7-8-11-16(14)21-13-9-12-17(20)19(3)4/h7-8,10-11,15,18H,5-6,9,12-13H2,1-4H3. The first-order chi connectivity index (χ1) is 10.1. The number of hydrogen-bond acceptors (Lipinski definition) is 3. The fourth-order valence-corrected chi connectivity index (χ4v) is 2.25. The molecule has 1 aromatic carbocycles. The lowest BCUT2D eigenvalue weighted by molar-refractivity contribution is -0.128. The number of nitrogens with one attached hydrogen (secondary N) is 1. The van der Waals surface area contributed by atoms with Crippen LogP contribution in [0.4, 0.5) is 0 Å². The molecule has 1 amide bonds. The number of carbonyl (C=O) groups is 1. The molecule has 0 spiro atoms. The Balaban J connectivity index is 2.57. The van der Waals surface area contributed by atoms with Crippen LogP contribution in [0.15, 0.2) is 24.3 Å². The Morgan fingerprint density at radius 2 is 2.00 bits per heavy atom. The average Bonchev–Trinajstić information content (AvgIpc) is 2.49. The van der Waals surface area contributed by atoms with Crippen LogP contribution in [0.25, 0.3) is 0 Å². The van der Waals surface area contributed by atoms with Gasteiger partial charge in [0.2, 0.25) is 5.91 Å². The minimum absolute atomic E-state index is 0.144. The molecule has 4 nitrogen and oxygen atoms in total. The van der Waals surface area contributed by atoms with Crippen LogP contribution in [0.2, 0.25) is 0 Å². The predicted octanol–water partition coefficient (Wildman–Crippen LogP) is 2.99. The second-order valence-corrected chi connectivity index (χ2v) is 5.30. The van der Waals surface area contributed by atoms with E-state index >= 15 is 0 Å². The van der Waals surface area contributed by atoms with Crippen LogP contribution in [0.1, 0.15) is 44.7 Å². The van der Waals surface area contributed by atoms with E-state index in [-0.39, 0.29) is 5.91 Å². The molecule has 0 bridgehead atoms. The molecular weight excluding hydrogens is 264 g/mol. The van der Waals surface area contributed by atoms with Crippen molar-refractivity contribution < 1.29 is 9.53 Å². The van der Waals surface area contributed by atoms with Gasteiger partial charge in [0, 0.05) is 32.1 Å². The lowest BCUT2D eigenvalue weighted by Gasteiger charge is -2.20. The van der Waals surface area contributed by atoms with Gasteiger partial charge in [-0.3, -0.25) is 4.79 Å². The summed E-state index contributed by atoms with van der Waals surface area (Å²) in [7, 11) is 3.56. The summed E-state index contributed by atoms with van der Waals surface area (Å²) in [6, 6.07) is 8.45. The van der Waals surface area contributed by atoms with E-state index in [2.05, 4.69) is 25.2 Å². The maximum Gasteiger partial charge on any atom is 0.222 e. The van der Waals surface area contributed by atoms with Crippen LogP contribution in [0, 0.1) is 0 Å². The van der Waals surface area contributed by atoms with Gasteiger partial charge in [0.15, 0.2) is 0 Å². The summed E-state index contributed by atoms with van der Waals surface area (Å²) in [4.78, 5) is 13.1. The number of rotatable bonds is 9. The zero-order valence-corrected chi connectivity index (χ0v) is 13.7. The number of hydrogen-bond donors (Lipinski definition) is 1. The SMILES string of the molecule is CCNC(CC)c1ccccc1OCCCC(=O)N(C)C. The first kappa shape index (κ1) is 17.5. The fourth-order valence-electron chi connectivity index (χ4n) is 2.25. The lowest BCUT2D eigenvalue weighted by atomic mass is 10.0. The van der Waals surface area contributed by atoms with E-state index in [9.17, 15) is 4.79 Å². The van der Waals surface area contributed by atoms with Gasteiger partial charge >= 0.3 is 0 Å². The molecule has 0 saturated heterocycles. The summed E-state index contributed by atoms with van der Waals surface area (Å²) in [6.45, 7) is 5.78. The highest BCUT2D eigenvalue weighted by Crippen LogP contribution is 2.27. The molecule has 0 fully saturated rings. The second kappa shape index (κ2) is 9.40. The zero-order chi connectivity index (χ0) is 15.7. The van der Waals surface area contributed by atoms with Crippen molar-refractivity contribution in [3.8, 4) is 5.75 Å². The van der Waals surface area contributed by atoms with Crippen molar-refractivity contribution >= 4 is 5.91 Å². The molecule has 1 unspecified atom stereocenters. The minimum atomic E-state index is 0.144. The summed E-state index contributed by atoms with van der Waals surface area (Å²) in [6.07, 6.45) is 2.29. The normalized spacial score (nSPS) is 12.0. The summed E-state index contributed by atoms with van der Waals surface area (Å²) in [5.41, 5.74) is 1.20. The first-order valence-corrected chi connectivity index (χ1v) is 7.75. The van der Waals surface area contributed by atoms with E-state index in [0.29, 0.717) is 19.1 Å². The molecule has 0 aliphatic heterocycles. The maximum absolute atomic E-state index is 11.5. The zero-order valence-electron chi connectivity index (χ0n) is 13.7. The third-order valence-corrected chi connectivity index (χ3v) is 3.44. The number of para-hydroxylation sites is 1. The van der Waals surface area contributed by atoms with Gasteiger partial charge in [0.1, 0.15) is 5.75 Å². The maximum atomic E-state index is 11.5. The molecule has 4 heteroatoms. The summed E-state index contributed by atoms with van der Waals surface area (Å²) < 4.78 is 5.89. The van der Waals surface area contributed by atoms with Crippen molar-refractivity contribution in [2.45, 2.75) is 39.2 Å². The summed E-state index contributed by atoms with van der Waals surface area (Å²) >= 11 is 0. The Kier molecular flexibility index (Phi) is 7.83. The molecule has 118 valence electrons. The Hall–Kier alpha value is -1.55. The van der Waals surface area contributed by atoms with Crippen LogP contribution in [0.5, 0.6) is 5.75 Å². The van der Waals surface area contributed by atoms with E-state index in [1.165, 1.54) is 5.56 Å². The van der Waals surface area contributed by atoms with Crippen molar-refractivity contribution in [1.29, 1.82) is 0 Å². The molecule has 0 aromatic heterocycles. The van der Waals surface area contributed by atoms with Gasteiger partial charge in [0.05, 0.1) is 6.61 Å². The molecule has 1 atom stereocenters. The van der Waals surface area contributed by atoms with Crippen LogP contribution in [-0.4, -0.2) is 38.1 Å². The molecule has 1 N–H and O–H groups in total. The highest BCUT2D eigenvalue weighted by Gasteiger charge is 2.13. The van der Waals surface area contributed by atoms with Crippen molar-refractivity contribution in [3.05, 3.63) is 29.8 Å². The molecule has 0 aliphatic carbocycles. The Bertz CT molecular complexity index is 433. The van der Waals surface area contributed by atoms with E-state index < -0.39 is 0 Å². The van der Waals surface area contributed by atoms with Gasteiger partial charge in [-0.2, -0.15) is 0 Å². The molecular formula is C17H28N2O2. The largest absolute Gasteiger partial charge is 0.493 e. The van der Waals surface area contributed by atoms with Crippen molar-refractivity contribution in [2.75, 3.05) is 27.2 Å². The minimum Gasteiger partial charge on any atom is -0.493 e. The average molecular weight is 292 g/mol. The van der Waals surface area contributed by atoms with E-state index in [1.807, 2.05) is 18.2 Å². The molecule has 0 aliphatic rings. The fraction of sp³-hybridized carbons (Fsp3) is 0.588. The van der Waals surface area contributed by atoms with Crippen LogP contribution >= 0.6 is 0 Å².